The van der Waals surface area contributed by atoms with E-state index in [1.165, 1.54) is 12.8 Å². The summed E-state index contributed by atoms with van der Waals surface area (Å²) in [5, 5.41) is 0. The van der Waals surface area contributed by atoms with Crippen LogP contribution >= 0.6 is 0 Å². The molecular formula is C10H24Si. The Morgan fingerprint density at radius 3 is 1.45 bits per heavy atom. The van der Waals surface area contributed by atoms with Crippen LogP contribution in [0.5, 0.6) is 0 Å². The van der Waals surface area contributed by atoms with Crippen LogP contribution in [0.3, 0.4) is 0 Å². The lowest BCUT2D eigenvalue weighted by Gasteiger charge is -2.05. The van der Waals surface area contributed by atoms with Gasteiger partial charge in [0.05, 0.1) is 0 Å². The molecule has 0 spiro atoms. The van der Waals surface area contributed by atoms with Crippen molar-refractivity contribution in [1.29, 1.82) is 0 Å². The fourth-order valence-corrected chi connectivity index (χ4v) is 3.85. The minimum atomic E-state index is 0.326. The van der Waals surface area contributed by atoms with Crippen LogP contribution in [0.1, 0.15) is 40.5 Å². The van der Waals surface area contributed by atoms with Crippen molar-refractivity contribution in [1.82, 2.24) is 0 Å². The maximum atomic E-state index is 2.33. The fourth-order valence-electron chi connectivity index (χ4n) is 1.28. The molecule has 0 amide bonds. The zero-order valence-corrected chi connectivity index (χ0v) is 10.1. The summed E-state index contributed by atoms with van der Waals surface area (Å²) in [6.07, 6.45) is 2.95. The maximum absolute atomic E-state index is 2.33. The van der Waals surface area contributed by atoms with Gasteiger partial charge in [-0.3, -0.25) is 0 Å². The molecule has 0 saturated carbocycles. The first-order chi connectivity index (χ1) is 5.13. The van der Waals surface area contributed by atoms with Crippen LogP contribution in [0.25, 0.3) is 0 Å². The van der Waals surface area contributed by atoms with E-state index < -0.39 is 0 Å². The molecule has 0 aliphatic rings. The number of hydrogen-bond acceptors (Lipinski definition) is 0. The molecule has 0 atom stereocenters. The average molecular weight is 172 g/mol. The quantitative estimate of drug-likeness (QED) is 0.427. The highest BCUT2D eigenvalue weighted by atomic mass is 28.2. The van der Waals surface area contributed by atoms with Gasteiger partial charge in [-0.05, 0) is 11.8 Å². The third kappa shape index (κ3) is 10.2. The van der Waals surface area contributed by atoms with Crippen molar-refractivity contribution in [2.75, 3.05) is 0 Å². The molecule has 1 heteroatoms. The smallest absolute Gasteiger partial charge is 0.0198 e. The maximum Gasteiger partial charge on any atom is 0.0198 e. The van der Waals surface area contributed by atoms with Crippen LogP contribution in [0.4, 0.5) is 0 Å². The second-order valence-electron chi connectivity index (χ2n) is 4.43. The summed E-state index contributed by atoms with van der Waals surface area (Å²) in [4.78, 5) is 0. The van der Waals surface area contributed by atoms with E-state index in [-0.39, 0.29) is 0 Å². The highest BCUT2D eigenvalue weighted by molar-refractivity contribution is 6.35. The van der Waals surface area contributed by atoms with Crippen LogP contribution in [0.15, 0.2) is 0 Å². The lowest BCUT2D eigenvalue weighted by Crippen LogP contribution is -1.96. The average Bonchev–Trinajstić information content (AvgIpc) is 1.85. The summed E-state index contributed by atoms with van der Waals surface area (Å²) in [6.45, 7) is 9.32. The van der Waals surface area contributed by atoms with E-state index in [1.54, 1.807) is 12.1 Å². The second-order valence-corrected chi connectivity index (χ2v) is 6.55. The molecule has 0 saturated heterocycles. The van der Waals surface area contributed by atoms with Gasteiger partial charge in [-0.1, -0.05) is 52.6 Å². The Balaban J connectivity index is 2.91. The Kier molecular flexibility index (Phi) is 7.03. The Morgan fingerprint density at radius 2 is 1.18 bits per heavy atom. The monoisotopic (exact) mass is 172 g/mol. The molecule has 0 aromatic carbocycles. The molecule has 0 N–H and O–H groups in total. The van der Waals surface area contributed by atoms with Crippen LogP contribution in [0.2, 0.25) is 12.1 Å². The van der Waals surface area contributed by atoms with E-state index in [9.17, 15) is 0 Å². The third-order valence-electron chi connectivity index (χ3n) is 2.06. The molecule has 0 rings (SSSR count). The van der Waals surface area contributed by atoms with Crippen molar-refractivity contribution in [3.8, 4) is 0 Å². The Hall–Kier alpha value is 0.217. The van der Waals surface area contributed by atoms with Crippen LogP contribution in [0, 0.1) is 11.8 Å². The Morgan fingerprint density at radius 1 is 0.818 bits per heavy atom. The van der Waals surface area contributed by atoms with Gasteiger partial charge in [0.1, 0.15) is 0 Å². The third-order valence-corrected chi connectivity index (χ3v) is 3.88. The number of rotatable bonds is 6. The van der Waals surface area contributed by atoms with Crippen LogP contribution < -0.4 is 0 Å². The molecule has 0 nitrogen and oxygen atoms in total. The van der Waals surface area contributed by atoms with E-state index in [1.807, 2.05) is 0 Å². The van der Waals surface area contributed by atoms with Crippen molar-refractivity contribution >= 4 is 9.52 Å². The van der Waals surface area contributed by atoms with Gasteiger partial charge >= 0.3 is 0 Å². The zero-order valence-electron chi connectivity index (χ0n) is 8.69. The van der Waals surface area contributed by atoms with Gasteiger partial charge in [-0.25, -0.2) is 0 Å². The molecular weight excluding hydrogens is 148 g/mol. The van der Waals surface area contributed by atoms with Gasteiger partial charge < -0.3 is 0 Å². The molecule has 0 unspecified atom stereocenters. The second kappa shape index (κ2) is 6.90. The molecule has 0 fully saturated rings. The van der Waals surface area contributed by atoms with Crippen molar-refractivity contribution in [2.45, 2.75) is 52.6 Å². The Labute approximate surface area is 74.6 Å². The van der Waals surface area contributed by atoms with Gasteiger partial charge in [0, 0.05) is 9.52 Å². The predicted molar refractivity (Wildman–Crippen MR) is 57.1 cm³/mol. The van der Waals surface area contributed by atoms with Gasteiger partial charge in [0.25, 0.3) is 0 Å². The first-order valence-electron chi connectivity index (χ1n) is 5.13. The summed E-state index contributed by atoms with van der Waals surface area (Å²) in [5.74, 6) is 1.86. The molecule has 0 aromatic heterocycles. The van der Waals surface area contributed by atoms with E-state index in [4.69, 9.17) is 0 Å². The van der Waals surface area contributed by atoms with Crippen molar-refractivity contribution in [3.05, 3.63) is 0 Å². The van der Waals surface area contributed by atoms with E-state index in [0.29, 0.717) is 9.52 Å². The van der Waals surface area contributed by atoms with Crippen molar-refractivity contribution in [3.63, 3.8) is 0 Å². The molecule has 11 heavy (non-hydrogen) atoms. The van der Waals surface area contributed by atoms with E-state index >= 15 is 0 Å². The van der Waals surface area contributed by atoms with Crippen LogP contribution in [-0.4, -0.2) is 9.52 Å². The summed E-state index contributed by atoms with van der Waals surface area (Å²) >= 11 is 0. The predicted octanol–water partition coefficient (Wildman–Crippen LogP) is 3.08. The molecule has 0 aromatic rings. The lowest BCUT2D eigenvalue weighted by molar-refractivity contribution is 0.611. The van der Waals surface area contributed by atoms with E-state index in [0.717, 1.165) is 11.8 Å². The van der Waals surface area contributed by atoms with Gasteiger partial charge in [-0.2, -0.15) is 0 Å². The summed E-state index contributed by atoms with van der Waals surface area (Å²) in [7, 11) is 0.326. The van der Waals surface area contributed by atoms with Crippen molar-refractivity contribution < 1.29 is 0 Å². The minimum absolute atomic E-state index is 0.326. The summed E-state index contributed by atoms with van der Waals surface area (Å²) in [6, 6.07) is 3.15. The standard InChI is InChI=1S/C10H24Si/c1-9(2)5-7-11-8-6-10(3)4/h9-10H,5-8,11H2,1-4H3. The SMILES string of the molecule is CC(C)CC[SiH2]CCC(C)C. The summed E-state index contributed by atoms with van der Waals surface area (Å²) in [5.41, 5.74) is 0. The normalized spacial score (nSPS) is 11.5. The van der Waals surface area contributed by atoms with Crippen molar-refractivity contribution in [2.24, 2.45) is 11.8 Å². The first-order valence-corrected chi connectivity index (χ1v) is 7.13. The number of hydrogen-bond donors (Lipinski definition) is 0. The van der Waals surface area contributed by atoms with E-state index in [2.05, 4.69) is 27.7 Å². The molecule has 0 aliphatic heterocycles. The van der Waals surface area contributed by atoms with Crippen LogP contribution in [-0.2, 0) is 0 Å². The first kappa shape index (κ1) is 11.2. The molecule has 0 bridgehead atoms. The lowest BCUT2D eigenvalue weighted by atomic mass is 10.2. The fraction of sp³-hybridized carbons (Fsp3) is 1.00. The highest BCUT2D eigenvalue weighted by Gasteiger charge is 1.96. The zero-order chi connectivity index (χ0) is 8.69. The molecule has 0 heterocycles. The van der Waals surface area contributed by atoms with Gasteiger partial charge in [0.15, 0.2) is 0 Å². The topological polar surface area (TPSA) is 0 Å². The minimum Gasteiger partial charge on any atom is -0.0628 e. The molecule has 0 radical (unpaired) electrons. The summed E-state index contributed by atoms with van der Waals surface area (Å²) < 4.78 is 0. The Bertz CT molecular complexity index is 66.9. The van der Waals surface area contributed by atoms with Gasteiger partial charge in [-0.15, -0.1) is 0 Å². The molecule has 0 aliphatic carbocycles. The largest absolute Gasteiger partial charge is 0.0628 e. The van der Waals surface area contributed by atoms with Gasteiger partial charge in [0.2, 0.25) is 0 Å². The highest BCUT2D eigenvalue weighted by Crippen LogP contribution is 2.08. The molecule has 68 valence electrons.